The van der Waals surface area contributed by atoms with Gasteiger partial charge in [0, 0.05) is 48.5 Å². The molecule has 0 aliphatic carbocycles. The van der Waals surface area contributed by atoms with E-state index in [9.17, 15) is 9.59 Å². The van der Waals surface area contributed by atoms with Crippen molar-refractivity contribution >= 4 is 46.6 Å². The van der Waals surface area contributed by atoms with E-state index in [0.29, 0.717) is 55.2 Å². The van der Waals surface area contributed by atoms with Crippen molar-refractivity contribution in [2.24, 2.45) is 5.16 Å². The molecule has 2 aliphatic heterocycles. The third kappa shape index (κ3) is 4.56. The molecule has 174 valence electrons. The number of aromatic nitrogens is 2. The molecule has 2 N–H and O–H groups in total. The monoisotopic (exact) mass is 471 g/mol. The zero-order valence-corrected chi connectivity index (χ0v) is 19.5. The SMILES string of the molecule is CC(=NO)C(=O)N1CCN(c2nc(Nc3ccc(Cl)cc3)c3c(n2)C(=O)N(C(C)C)C3)CC1. The highest BCUT2D eigenvalue weighted by atomic mass is 35.5. The van der Waals surface area contributed by atoms with Crippen molar-refractivity contribution in [1.82, 2.24) is 19.8 Å². The molecule has 1 saturated heterocycles. The molecule has 10 nitrogen and oxygen atoms in total. The Bertz CT molecular complexity index is 1100. The van der Waals surface area contributed by atoms with Gasteiger partial charge in [0.25, 0.3) is 11.8 Å². The number of rotatable bonds is 5. The van der Waals surface area contributed by atoms with Gasteiger partial charge in [-0.3, -0.25) is 9.59 Å². The van der Waals surface area contributed by atoms with Gasteiger partial charge in [-0.2, -0.15) is 4.98 Å². The van der Waals surface area contributed by atoms with Crippen molar-refractivity contribution in [2.75, 3.05) is 36.4 Å². The van der Waals surface area contributed by atoms with Crippen molar-refractivity contribution in [1.29, 1.82) is 0 Å². The number of benzene rings is 1. The molecule has 1 fully saturated rings. The molecule has 0 radical (unpaired) electrons. The van der Waals surface area contributed by atoms with E-state index in [1.165, 1.54) is 6.92 Å². The van der Waals surface area contributed by atoms with Crippen LogP contribution in [0.15, 0.2) is 29.4 Å². The maximum atomic E-state index is 13.1. The summed E-state index contributed by atoms with van der Waals surface area (Å²) in [5.41, 5.74) is 2.00. The molecule has 0 atom stereocenters. The molecule has 0 spiro atoms. The molecule has 3 heterocycles. The summed E-state index contributed by atoms with van der Waals surface area (Å²) in [6.07, 6.45) is 0. The second kappa shape index (κ2) is 9.22. The van der Waals surface area contributed by atoms with Gasteiger partial charge in [0.2, 0.25) is 5.95 Å². The summed E-state index contributed by atoms with van der Waals surface area (Å²) in [6, 6.07) is 7.30. The van der Waals surface area contributed by atoms with E-state index < -0.39 is 0 Å². The fourth-order valence-corrected chi connectivity index (χ4v) is 4.02. The first-order chi connectivity index (χ1) is 15.8. The van der Waals surface area contributed by atoms with E-state index in [1.54, 1.807) is 21.9 Å². The van der Waals surface area contributed by atoms with Crippen LogP contribution in [-0.4, -0.2) is 74.7 Å². The molecular formula is C22H26ClN7O3. The van der Waals surface area contributed by atoms with Gasteiger partial charge in [0.1, 0.15) is 17.2 Å². The van der Waals surface area contributed by atoms with E-state index in [4.69, 9.17) is 21.8 Å². The Hall–Kier alpha value is -3.40. The summed E-state index contributed by atoms with van der Waals surface area (Å²) in [6.45, 7) is 7.69. The molecule has 0 bridgehead atoms. The summed E-state index contributed by atoms with van der Waals surface area (Å²) >= 11 is 6.01. The van der Waals surface area contributed by atoms with E-state index in [2.05, 4.69) is 15.5 Å². The van der Waals surface area contributed by atoms with Gasteiger partial charge in [0.15, 0.2) is 0 Å². The van der Waals surface area contributed by atoms with Crippen LogP contribution < -0.4 is 10.2 Å². The predicted octanol–water partition coefficient (Wildman–Crippen LogP) is 2.74. The number of hydrogen-bond acceptors (Lipinski definition) is 8. The molecule has 1 aromatic carbocycles. The van der Waals surface area contributed by atoms with Gasteiger partial charge in [-0.05, 0) is 45.0 Å². The first kappa shape index (κ1) is 22.8. The van der Waals surface area contributed by atoms with Crippen LogP contribution in [0.5, 0.6) is 0 Å². The van der Waals surface area contributed by atoms with E-state index in [0.717, 1.165) is 11.3 Å². The number of carbonyl (C=O) groups excluding carboxylic acids is 2. The molecule has 2 aliphatic rings. The third-order valence-corrected chi connectivity index (χ3v) is 6.08. The highest BCUT2D eigenvalue weighted by molar-refractivity contribution is 6.37. The fourth-order valence-electron chi connectivity index (χ4n) is 3.89. The van der Waals surface area contributed by atoms with Crippen LogP contribution in [0.2, 0.25) is 5.02 Å². The van der Waals surface area contributed by atoms with Crippen molar-refractivity contribution < 1.29 is 14.8 Å². The van der Waals surface area contributed by atoms with Crippen LogP contribution in [0.25, 0.3) is 0 Å². The Labute approximate surface area is 196 Å². The number of hydrogen-bond donors (Lipinski definition) is 2. The normalized spacial score (nSPS) is 16.5. The third-order valence-electron chi connectivity index (χ3n) is 5.83. The Balaban J connectivity index is 1.62. The Kier molecular flexibility index (Phi) is 6.37. The summed E-state index contributed by atoms with van der Waals surface area (Å²) in [5.74, 6) is 0.589. The number of carbonyl (C=O) groups is 2. The predicted molar refractivity (Wildman–Crippen MR) is 125 cm³/mol. The number of nitrogens with zero attached hydrogens (tertiary/aromatic N) is 6. The second-order valence-electron chi connectivity index (χ2n) is 8.32. The molecule has 2 aromatic rings. The summed E-state index contributed by atoms with van der Waals surface area (Å²) in [5, 5.41) is 15.8. The summed E-state index contributed by atoms with van der Waals surface area (Å²) in [7, 11) is 0. The van der Waals surface area contributed by atoms with Gasteiger partial charge < -0.3 is 25.2 Å². The lowest BCUT2D eigenvalue weighted by Crippen LogP contribution is -2.50. The quantitative estimate of drug-likeness (QED) is 0.391. The lowest BCUT2D eigenvalue weighted by Gasteiger charge is -2.34. The number of halogens is 1. The molecule has 2 amide bonds. The van der Waals surface area contributed by atoms with Gasteiger partial charge in [-0.1, -0.05) is 16.8 Å². The van der Waals surface area contributed by atoms with Gasteiger partial charge in [0.05, 0.1) is 6.54 Å². The molecule has 1 aromatic heterocycles. The first-order valence-corrected chi connectivity index (χ1v) is 11.1. The number of amides is 2. The zero-order chi connectivity index (χ0) is 23.7. The Morgan fingerprint density at radius 2 is 1.82 bits per heavy atom. The minimum absolute atomic E-state index is 0.0320. The van der Waals surface area contributed by atoms with Crippen LogP contribution in [0.3, 0.4) is 0 Å². The van der Waals surface area contributed by atoms with Crippen molar-refractivity contribution in [3.8, 4) is 0 Å². The van der Waals surface area contributed by atoms with E-state index in [-0.39, 0.29) is 23.6 Å². The molecule has 0 unspecified atom stereocenters. The number of nitrogens with one attached hydrogen (secondary N) is 1. The minimum atomic E-state index is -0.306. The Morgan fingerprint density at radius 1 is 1.15 bits per heavy atom. The lowest BCUT2D eigenvalue weighted by atomic mass is 10.2. The van der Waals surface area contributed by atoms with Crippen LogP contribution in [0, 0.1) is 0 Å². The number of oxime groups is 1. The maximum Gasteiger partial charge on any atom is 0.273 e. The van der Waals surface area contributed by atoms with E-state index in [1.807, 2.05) is 30.9 Å². The molecule has 11 heteroatoms. The average molecular weight is 472 g/mol. The molecule has 33 heavy (non-hydrogen) atoms. The summed E-state index contributed by atoms with van der Waals surface area (Å²) < 4.78 is 0. The van der Waals surface area contributed by atoms with Crippen molar-refractivity contribution in [2.45, 2.75) is 33.4 Å². The Morgan fingerprint density at radius 3 is 2.42 bits per heavy atom. The molecule has 0 saturated carbocycles. The largest absolute Gasteiger partial charge is 0.410 e. The molecule has 4 rings (SSSR count). The maximum absolute atomic E-state index is 13.1. The highest BCUT2D eigenvalue weighted by Crippen LogP contribution is 2.32. The van der Waals surface area contributed by atoms with Crippen molar-refractivity contribution in [3.05, 3.63) is 40.5 Å². The van der Waals surface area contributed by atoms with E-state index >= 15 is 0 Å². The zero-order valence-electron chi connectivity index (χ0n) is 18.7. The van der Waals surface area contributed by atoms with Gasteiger partial charge >= 0.3 is 0 Å². The van der Waals surface area contributed by atoms with Crippen molar-refractivity contribution in [3.63, 3.8) is 0 Å². The summed E-state index contributed by atoms with van der Waals surface area (Å²) in [4.78, 5) is 40.0. The van der Waals surface area contributed by atoms with Crippen LogP contribution in [0.1, 0.15) is 36.8 Å². The number of fused-ring (bicyclic) bond motifs is 1. The fraction of sp³-hybridized carbons (Fsp3) is 0.409. The standard InChI is InChI=1S/C22H26ClN7O3/c1-13(2)30-12-17-18(21(30)32)25-22(26-19(17)24-16-6-4-15(23)5-7-16)29-10-8-28(9-11-29)20(31)14(3)27-33/h4-7,13,33H,8-12H2,1-3H3,(H,24,25,26). The topological polar surface area (TPSA) is 114 Å². The number of piperazine rings is 1. The van der Waals surface area contributed by atoms with Gasteiger partial charge in [-0.25, -0.2) is 4.98 Å². The minimum Gasteiger partial charge on any atom is -0.410 e. The van der Waals surface area contributed by atoms with Crippen LogP contribution in [-0.2, 0) is 11.3 Å². The highest BCUT2D eigenvalue weighted by Gasteiger charge is 2.35. The average Bonchev–Trinajstić information content (AvgIpc) is 3.16. The van der Waals surface area contributed by atoms with Crippen LogP contribution >= 0.6 is 11.6 Å². The number of anilines is 3. The van der Waals surface area contributed by atoms with Gasteiger partial charge in [-0.15, -0.1) is 0 Å². The van der Waals surface area contributed by atoms with Crippen LogP contribution in [0.4, 0.5) is 17.5 Å². The molecular weight excluding hydrogens is 446 g/mol. The second-order valence-corrected chi connectivity index (χ2v) is 8.76. The first-order valence-electron chi connectivity index (χ1n) is 10.8. The lowest BCUT2D eigenvalue weighted by molar-refractivity contribution is -0.124. The smallest absolute Gasteiger partial charge is 0.273 e.